The molecule has 102 valence electrons. The lowest BCUT2D eigenvalue weighted by Gasteiger charge is -2.31. The lowest BCUT2D eigenvalue weighted by Crippen LogP contribution is -2.54. The van der Waals surface area contributed by atoms with E-state index in [1.54, 1.807) is 10.9 Å². The number of halogens is 1. The SMILES string of the molecule is Cl.Cn1cc(CNC(=O)C2(N)CCCCC2)cn1. The Morgan fingerprint density at radius 3 is 2.72 bits per heavy atom. The Bertz CT molecular complexity index is 399. The Labute approximate surface area is 114 Å². The van der Waals surface area contributed by atoms with E-state index in [0.717, 1.165) is 31.2 Å². The largest absolute Gasteiger partial charge is 0.350 e. The van der Waals surface area contributed by atoms with Crippen LogP contribution in [0, 0.1) is 0 Å². The molecule has 3 N–H and O–H groups in total. The summed E-state index contributed by atoms with van der Waals surface area (Å²) >= 11 is 0. The molecule has 5 nitrogen and oxygen atoms in total. The predicted molar refractivity (Wildman–Crippen MR) is 72.3 cm³/mol. The molecule has 0 aliphatic heterocycles. The van der Waals surface area contributed by atoms with Crippen LogP contribution < -0.4 is 11.1 Å². The molecule has 18 heavy (non-hydrogen) atoms. The van der Waals surface area contributed by atoms with Gasteiger partial charge in [0.2, 0.25) is 5.91 Å². The highest BCUT2D eigenvalue weighted by Crippen LogP contribution is 2.25. The molecule has 1 amide bonds. The van der Waals surface area contributed by atoms with Gasteiger partial charge < -0.3 is 11.1 Å². The minimum atomic E-state index is -0.652. The van der Waals surface area contributed by atoms with Gasteiger partial charge in [0.1, 0.15) is 0 Å². The summed E-state index contributed by atoms with van der Waals surface area (Å²) in [7, 11) is 1.86. The van der Waals surface area contributed by atoms with Crippen LogP contribution in [0.1, 0.15) is 37.7 Å². The standard InChI is InChI=1S/C12H20N4O.ClH/c1-16-9-10(8-15-16)7-14-11(17)12(13)5-3-2-4-6-12;/h8-9H,2-7,13H2,1H3,(H,14,17);1H. The summed E-state index contributed by atoms with van der Waals surface area (Å²) in [6.07, 6.45) is 8.54. The molecule has 1 fully saturated rings. The van der Waals surface area contributed by atoms with Gasteiger partial charge in [-0.15, -0.1) is 12.4 Å². The van der Waals surface area contributed by atoms with Crippen molar-refractivity contribution in [2.45, 2.75) is 44.2 Å². The highest BCUT2D eigenvalue weighted by atomic mass is 35.5. The van der Waals surface area contributed by atoms with Crippen molar-refractivity contribution >= 4 is 18.3 Å². The molecule has 1 aliphatic rings. The fraction of sp³-hybridized carbons (Fsp3) is 0.667. The van der Waals surface area contributed by atoms with Gasteiger partial charge in [-0.2, -0.15) is 5.10 Å². The molecule has 1 aliphatic carbocycles. The zero-order valence-electron chi connectivity index (χ0n) is 10.7. The van der Waals surface area contributed by atoms with E-state index in [1.165, 1.54) is 6.42 Å². The number of aromatic nitrogens is 2. The number of rotatable bonds is 3. The summed E-state index contributed by atoms with van der Waals surface area (Å²) in [5.74, 6) is -0.0268. The van der Waals surface area contributed by atoms with Crippen LogP contribution in [-0.4, -0.2) is 21.2 Å². The zero-order chi connectivity index (χ0) is 12.3. The van der Waals surface area contributed by atoms with Gasteiger partial charge in [-0.1, -0.05) is 19.3 Å². The van der Waals surface area contributed by atoms with Crippen molar-refractivity contribution in [2.75, 3.05) is 0 Å². The van der Waals surface area contributed by atoms with Crippen molar-refractivity contribution in [1.82, 2.24) is 15.1 Å². The number of carbonyl (C=O) groups is 1. The van der Waals surface area contributed by atoms with Crippen molar-refractivity contribution in [1.29, 1.82) is 0 Å². The summed E-state index contributed by atoms with van der Waals surface area (Å²) in [4.78, 5) is 12.0. The Morgan fingerprint density at radius 1 is 1.50 bits per heavy atom. The van der Waals surface area contributed by atoms with E-state index in [-0.39, 0.29) is 18.3 Å². The van der Waals surface area contributed by atoms with Crippen LogP contribution in [0.15, 0.2) is 12.4 Å². The first kappa shape index (κ1) is 15.0. The number of aryl methyl sites for hydroxylation is 1. The number of nitrogens with two attached hydrogens (primary N) is 1. The van der Waals surface area contributed by atoms with Crippen LogP contribution in [0.4, 0.5) is 0 Å². The van der Waals surface area contributed by atoms with Gasteiger partial charge >= 0.3 is 0 Å². The highest BCUT2D eigenvalue weighted by Gasteiger charge is 2.34. The molecular weight excluding hydrogens is 252 g/mol. The normalized spacial score (nSPS) is 17.9. The Kier molecular flexibility index (Phi) is 5.16. The van der Waals surface area contributed by atoms with E-state index in [2.05, 4.69) is 10.4 Å². The third-order valence-electron chi connectivity index (χ3n) is 3.41. The molecule has 0 aromatic carbocycles. The van der Waals surface area contributed by atoms with Gasteiger partial charge in [0.25, 0.3) is 0 Å². The monoisotopic (exact) mass is 272 g/mol. The highest BCUT2D eigenvalue weighted by molar-refractivity contribution is 5.86. The fourth-order valence-corrected chi connectivity index (χ4v) is 2.33. The summed E-state index contributed by atoms with van der Waals surface area (Å²) < 4.78 is 1.72. The van der Waals surface area contributed by atoms with Crippen molar-refractivity contribution in [3.63, 3.8) is 0 Å². The maximum absolute atomic E-state index is 12.0. The molecule has 6 heteroatoms. The first-order chi connectivity index (χ1) is 8.10. The van der Waals surface area contributed by atoms with E-state index >= 15 is 0 Å². The molecule has 0 spiro atoms. The van der Waals surface area contributed by atoms with Crippen molar-refractivity contribution in [3.05, 3.63) is 18.0 Å². The molecular formula is C12H21ClN4O. The molecule has 0 unspecified atom stereocenters. The molecule has 1 heterocycles. The molecule has 0 radical (unpaired) electrons. The Hall–Kier alpha value is -1.07. The van der Waals surface area contributed by atoms with E-state index in [0.29, 0.717) is 6.54 Å². The Balaban J connectivity index is 0.00000162. The summed E-state index contributed by atoms with van der Waals surface area (Å²) in [5, 5.41) is 6.96. The molecule has 0 atom stereocenters. The summed E-state index contributed by atoms with van der Waals surface area (Å²) in [5.41, 5.74) is 6.49. The second kappa shape index (κ2) is 6.20. The van der Waals surface area contributed by atoms with Gasteiger partial charge in [-0.3, -0.25) is 9.48 Å². The smallest absolute Gasteiger partial charge is 0.240 e. The number of amides is 1. The minimum Gasteiger partial charge on any atom is -0.350 e. The molecule has 0 saturated heterocycles. The van der Waals surface area contributed by atoms with Crippen LogP contribution >= 0.6 is 12.4 Å². The van der Waals surface area contributed by atoms with Crippen molar-refractivity contribution < 1.29 is 4.79 Å². The van der Waals surface area contributed by atoms with E-state index < -0.39 is 5.54 Å². The van der Waals surface area contributed by atoms with Crippen LogP contribution in [0.5, 0.6) is 0 Å². The lowest BCUT2D eigenvalue weighted by atomic mass is 9.82. The minimum absolute atomic E-state index is 0. The van der Waals surface area contributed by atoms with Gasteiger partial charge in [0.05, 0.1) is 11.7 Å². The molecule has 2 rings (SSSR count). The van der Waals surface area contributed by atoms with E-state index in [9.17, 15) is 4.79 Å². The maximum atomic E-state index is 12.0. The van der Waals surface area contributed by atoms with E-state index in [4.69, 9.17) is 5.73 Å². The van der Waals surface area contributed by atoms with Crippen molar-refractivity contribution in [3.8, 4) is 0 Å². The van der Waals surface area contributed by atoms with Gasteiger partial charge in [-0.25, -0.2) is 0 Å². The average Bonchev–Trinajstić information content (AvgIpc) is 2.73. The maximum Gasteiger partial charge on any atom is 0.240 e. The van der Waals surface area contributed by atoms with Crippen LogP contribution in [0.3, 0.4) is 0 Å². The quantitative estimate of drug-likeness (QED) is 0.866. The third-order valence-corrected chi connectivity index (χ3v) is 3.41. The van der Waals surface area contributed by atoms with Crippen LogP contribution in [0.2, 0.25) is 0 Å². The number of hydrogen-bond acceptors (Lipinski definition) is 3. The van der Waals surface area contributed by atoms with Gasteiger partial charge in [-0.05, 0) is 12.8 Å². The Morgan fingerprint density at radius 2 is 2.17 bits per heavy atom. The summed E-state index contributed by atoms with van der Waals surface area (Å²) in [6, 6.07) is 0. The zero-order valence-corrected chi connectivity index (χ0v) is 11.5. The molecule has 1 aromatic rings. The fourth-order valence-electron chi connectivity index (χ4n) is 2.33. The average molecular weight is 273 g/mol. The topological polar surface area (TPSA) is 72.9 Å². The molecule has 1 aromatic heterocycles. The van der Waals surface area contributed by atoms with Gasteiger partial charge in [0.15, 0.2) is 0 Å². The number of hydrogen-bond donors (Lipinski definition) is 2. The lowest BCUT2D eigenvalue weighted by molar-refractivity contribution is -0.127. The van der Waals surface area contributed by atoms with Crippen LogP contribution in [0.25, 0.3) is 0 Å². The number of nitrogens with zero attached hydrogens (tertiary/aromatic N) is 2. The third kappa shape index (κ3) is 3.46. The first-order valence-electron chi connectivity index (χ1n) is 6.15. The molecule has 1 saturated carbocycles. The summed E-state index contributed by atoms with van der Waals surface area (Å²) in [6.45, 7) is 0.506. The second-order valence-electron chi connectivity index (χ2n) is 4.92. The number of carbonyl (C=O) groups excluding carboxylic acids is 1. The van der Waals surface area contributed by atoms with E-state index in [1.807, 2.05) is 13.2 Å². The van der Waals surface area contributed by atoms with Crippen LogP contribution in [-0.2, 0) is 18.4 Å². The van der Waals surface area contributed by atoms with Crippen molar-refractivity contribution in [2.24, 2.45) is 12.8 Å². The molecule has 0 bridgehead atoms. The first-order valence-corrected chi connectivity index (χ1v) is 6.15. The number of nitrogens with one attached hydrogen (secondary N) is 1. The van der Waals surface area contributed by atoms with Gasteiger partial charge in [0, 0.05) is 25.4 Å². The predicted octanol–water partition coefficient (Wildman–Crippen LogP) is 1.12. The second-order valence-corrected chi connectivity index (χ2v) is 4.92.